The lowest BCUT2D eigenvalue weighted by atomic mass is 10.2. The van der Waals surface area contributed by atoms with Crippen molar-refractivity contribution in [2.45, 2.75) is 0 Å². The van der Waals surface area contributed by atoms with E-state index in [1.165, 1.54) is 6.20 Å². The van der Waals surface area contributed by atoms with Gasteiger partial charge in [0, 0.05) is 11.1 Å². The van der Waals surface area contributed by atoms with Crippen molar-refractivity contribution in [1.29, 1.82) is 0 Å². The summed E-state index contributed by atoms with van der Waals surface area (Å²) < 4.78 is 5.43. The van der Waals surface area contributed by atoms with Crippen LogP contribution in [0.15, 0.2) is 36.5 Å². The first-order chi connectivity index (χ1) is 11.6. The van der Waals surface area contributed by atoms with Gasteiger partial charge in [0.05, 0.1) is 6.20 Å². The lowest BCUT2D eigenvalue weighted by Crippen LogP contribution is -1.99. The zero-order chi connectivity index (χ0) is 16.9. The smallest absolute Gasteiger partial charge is 0.359 e. The largest absolute Gasteiger partial charge is 0.476 e. The summed E-state index contributed by atoms with van der Waals surface area (Å²) in [6.07, 6.45) is 1.49. The average molecular weight is 342 g/mol. The quantitative estimate of drug-likeness (QED) is 0.701. The molecule has 0 aliphatic carbocycles. The third-order valence-corrected chi connectivity index (χ3v) is 2.94. The molecular weight excluding hydrogens is 334 g/mol. The first-order valence-corrected chi connectivity index (χ1v) is 6.92. The van der Waals surface area contributed by atoms with Gasteiger partial charge in [0.25, 0.3) is 5.88 Å². The van der Waals surface area contributed by atoms with Crippen molar-refractivity contribution in [2.75, 3.05) is 0 Å². The number of nitrogens with one attached hydrogen (secondary N) is 1. The molecule has 2 N–H and O–H groups in total. The fourth-order valence-electron chi connectivity index (χ4n) is 1.73. The Balaban J connectivity index is 1.82. The van der Waals surface area contributed by atoms with E-state index in [0.29, 0.717) is 16.9 Å². The Morgan fingerprint density at radius 1 is 1.21 bits per heavy atom. The summed E-state index contributed by atoms with van der Waals surface area (Å²) in [6, 6.07) is 8.38. The molecule has 3 rings (SSSR count). The van der Waals surface area contributed by atoms with E-state index in [1.807, 2.05) is 0 Å². The monoisotopic (exact) mass is 341 g/mol. The highest BCUT2D eigenvalue weighted by Gasteiger charge is 2.16. The van der Waals surface area contributed by atoms with Crippen molar-refractivity contribution >= 4 is 17.6 Å². The zero-order valence-corrected chi connectivity index (χ0v) is 12.7. The van der Waals surface area contributed by atoms with E-state index in [-0.39, 0.29) is 16.7 Å². The molecule has 2 aromatic heterocycles. The molecule has 2 heterocycles. The second kappa shape index (κ2) is 6.76. The highest BCUT2D eigenvalue weighted by molar-refractivity contribution is 6.29. The van der Waals surface area contributed by atoms with Gasteiger partial charge in [-0.1, -0.05) is 39.8 Å². The molecule has 9 heteroatoms. The van der Waals surface area contributed by atoms with Crippen LogP contribution in [0.25, 0.3) is 0 Å². The molecule has 0 bridgehead atoms. The molecule has 0 unspecified atom stereocenters. The molecule has 0 fully saturated rings. The number of hydrogen-bond donors (Lipinski definition) is 2. The average Bonchev–Trinajstić information content (AvgIpc) is 3.02. The number of hydrogen-bond acceptors (Lipinski definition) is 6. The zero-order valence-electron chi connectivity index (χ0n) is 11.9. The predicted octanol–water partition coefficient (Wildman–Crippen LogP) is 2.14. The summed E-state index contributed by atoms with van der Waals surface area (Å²) in [7, 11) is 0. The number of carbonyl (C=O) groups is 1. The van der Waals surface area contributed by atoms with E-state index in [0.717, 1.165) is 0 Å². The Morgan fingerprint density at radius 2 is 2.04 bits per heavy atom. The molecule has 1 aromatic carbocycles. The van der Waals surface area contributed by atoms with Gasteiger partial charge >= 0.3 is 5.97 Å². The van der Waals surface area contributed by atoms with Crippen molar-refractivity contribution in [1.82, 2.24) is 25.6 Å². The van der Waals surface area contributed by atoms with Crippen molar-refractivity contribution in [3.8, 4) is 23.5 Å². The lowest BCUT2D eigenvalue weighted by Gasteiger charge is -2.02. The highest BCUT2D eigenvalue weighted by Crippen LogP contribution is 2.22. The minimum Gasteiger partial charge on any atom is -0.476 e. The topological polar surface area (TPSA) is 114 Å². The van der Waals surface area contributed by atoms with E-state index < -0.39 is 5.97 Å². The van der Waals surface area contributed by atoms with Gasteiger partial charge in [-0.3, -0.25) is 0 Å². The van der Waals surface area contributed by atoms with Crippen LogP contribution in [0.2, 0.25) is 5.15 Å². The van der Waals surface area contributed by atoms with Crippen molar-refractivity contribution in [3.05, 3.63) is 58.5 Å². The number of benzene rings is 1. The van der Waals surface area contributed by atoms with Crippen LogP contribution in [-0.4, -0.2) is 36.7 Å². The van der Waals surface area contributed by atoms with Gasteiger partial charge in [-0.15, -0.1) is 5.10 Å². The third kappa shape index (κ3) is 3.66. The van der Waals surface area contributed by atoms with E-state index in [9.17, 15) is 4.79 Å². The summed E-state index contributed by atoms with van der Waals surface area (Å²) in [4.78, 5) is 11.0. The van der Waals surface area contributed by atoms with Gasteiger partial charge in [0.15, 0.2) is 5.15 Å². The minimum absolute atomic E-state index is 0.127. The number of aromatic carboxylic acids is 1. The van der Waals surface area contributed by atoms with Crippen LogP contribution in [0.3, 0.4) is 0 Å². The van der Waals surface area contributed by atoms with E-state index in [4.69, 9.17) is 21.4 Å². The predicted molar refractivity (Wildman–Crippen MR) is 82.9 cm³/mol. The van der Waals surface area contributed by atoms with Crippen molar-refractivity contribution in [3.63, 3.8) is 0 Å². The molecule has 0 aliphatic rings. The molecule has 8 nitrogen and oxygen atoms in total. The fraction of sp³-hybridized carbons (Fsp3) is 0. The van der Waals surface area contributed by atoms with Crippen LogP contribution < -0.4 is 4.74 Å². The minimum atomic E-state index is -1.21. The maximum Gasteiger partial charge on any atom is 0.359 e. The Labute approximate surface area is 140 Å². The molecule has 0 spiro atoms. The van der Waals surface area contributed by atoms with E-state index in [2.05, 4.69) is 37.4 Å². The van der Waals surface area contributed by atoms with Crippen LogP contribution >= 0.6 is 11.6 Å². The number of H-pyrrole nitrogens is 1. The first kappa shape index (κ1) is 15.5. The van der Waals surface area contributed by atoms with Gasteiger partial charge in [-0.25, -0.2) is 9.89 Å². The third-order valence-electron chi connectivity index (χ3n) is 2.75. The number of aromatic amines is 1. The van der Waals surface area contributed by atoms with Crippen LogP contribution in [0.4, 0.5) is 0 Å². The number of ether oxygens (including phenoxy) is 1. The number of halogens is 1. The molecule has 0 atom stereocenters. The summed E-state index contributed by atoms with van der Waals surface area (Å²) in [5.74, 6) is 4.86. The van der Waals surface area contributed by atoms with Crippen molar-refractivity contribution < 1.29 is 14.6 Å². The highest BCUT2D eigenvalue weighted by atomic mass is 35.5. The molecule has 118 valence electrons. The molecular formula is C15H8ClN5O3. The number of aromatic nitrogens is 5. The Bertz CT molecular complexity index is 961. The van der Waals surface area contributed by atoms with Gasteiger partial charge in [0.2, 0.25) is 5.69 Å². The molecule has 0 saturated heterocycles. The summed E-state index contributed by atoms with van der Waals surface area (Å²) in [5.41, 5.74) is 1.04. The fourth-order valence-corrected chi connectivity index (χ4v) is 1.89. The first-order valence-electron chi connectivity index (χ1n) is 6.54. The van der Waals surface area contributed by atoms with Crippen LogP contribution in [0, 0.1) is 11.8 Å². The molecule has 0 saturated carbocycles. The lowest BCUT2D eigenvalue weighted by molar-refractivity contribution is 0.0687. The number of nitrogens with zero attached hydrogens (tertiary/aromatic N) is 4. The normalized spacial score (nSPS) is 9.88. The molecule has 0 amide bonds. The van der Waals surface area contributed by atoms with Crippen LogP contribution in [-0.2, 0) is 0 Å². The Kier molecular flexibility index (Phi) is 4.36. The molecule has 0 radical (unpaired) electrons. The number of rotatable bonds is 3. The number of carboxylic acids is 1. The maximum atomic E-state index is 11.0. The second-order valence-electron chi connectivity index (χ2n) is 4.44. The van der Waals surface area contributed by atoms with Crippen LogP contribution in [0.1, 0.15) is 21.6 Å². The Hall–Kier alpha value is -3.44. The van der Waals surface area contributed by atoms with E-state index in [1.54, 1.807) is 30.3 Å². The SMILES string of the molecule is O=C(O)c1[nH]nnc1Oc1cccc(C#Cc2cnnc(Cl)c2)c1. The number of carboxylic acid groups (broad SMARTS) is 1. The molecule has 24 heavy (non-hydrogen) atoms. The molecule has 0 aliphatic heterocycles. The second-order valence-corrected chi connectivity index (χ2v) is 4.83. The standard InChI is InChI=1S/C15H8ClN5O3/c16-12-7-10(8-17-18-12)5-4-9-2-1-3-11(6-9)24-14-13(15(22)23)19-21-20-14/h1-3,6-8H,(H,22,23)(H,19,20,21). The van der Waals surface area contributed by atoms with Gasteiger partial charge < -0.3 is 9.84 Å². The van der Waals surface area contributed by atoms with Crippen LogP contribution in [0.5, 0.6) is 11.6 Å². The summed E-state index contributed by atoms with van der Waals surface area (Å²) in [5, 5.41) is 25.8. The molecule has 3 aromatic rings. The van der Waals surface area contributed by atoms with Gasteiger partial charge in [-0.2, -0.15) is 5.10 Å². The summed E-state index contributed by atoms with van der Waals surface area (Å²) >= 11 is 5.75. The summed E-state index contributed by atoms with van der Waals surface area (Å²) in [6.45, 7) is 0. The Morgan fingerprint density at radius 3 is 2.83 bits per heavy atom. The maximum absolute atomic E-state index is 11.0. The van der Waals surface area contributed by atoms with Crippen molar-refractivity contribution in [2.24, 2.45) is 0 Å². The van der Waals surface area contributed by atoms with E-state index >= 15 is 0 Å². The van der Waals surface area contributed by atoms with Gasteiger partial charge in [-0.05, 0) is 24.3 Å². The van der Waals surface area contributed by atoms with Gasteiger partial charge in [0.1, 0.15) is 5.75 Å².